The first-order valence-electron chi connectivity index (χ1n) is 5.20. The zero-order valence-corrected chi connectivity index (χ0v) is 9.02. The van der Waals surface area contributed by atoms with Crippen LogP contribution in [0.15, 0.2) is 34.8 Å². The van der Waals surface area contributed by atoms with Gasteiger partial charge in [0, 0.05) is 18.0 Å². The average Bonchev–Trinajstić information content (AvgIpc) is 2.57. The van der Waals surface area contributed by atoms with Gasteiger partial charge in [0.1, 0.15) is 12.2 Å². The lowest BCUT2D eigenvalue weighted by molar-refractivity contribution is 0.0274. The van der Waals surface area contributed by atoms with E-state index >= 15 is 0 Å². The van der Waals surface area contributed by atoms with Gasteiger partial charge in [-0.05, 0) is 11.6 Å². The molecule has 2 rings (SSSR count). The van der Waals surface area contributed by atoms with E-state index in [2.05, 4.69) is 0 Å². The highest BCUT2D eigenvalue weighted by Crippen LogP contribution is 2.28. The number of anilines is 1. The maximum Gasteiger partial charge on any atom is 0.253 e. The minimum Gasteiger partial charge on any atom is -0.399 e. The number of rotatable bonds is 2. The lowest BCUT2D eigenvalue weighted by Crippen LogP contribution is -2.34. The molecule has 5 N–H and O–H groups in total. The van der Waals surface area contributed by atoms with E-state index in [0.29, 0.717) is 11.3 Å². The minimum atomic E-state index is -1.14. The minimum absolute atomic E-state index is 0.311. The zero-order chi connectivity index (χ0) is 12.6. The van der Waals surface area contributed by atoms with Crippen molar-refractivity contribution in [2.24, 2.45) is 0 Å². The standard InChI is InChI=1S/C11H14N2O4/c12-7-1-2-13(9(15)4-7)8-3-6(5-14)10(16)11(8)17/h1-4,8,10-11,14,16-17H,5,12H2/t8-,10-,11+/m1/s1. The van der Waals surface area contributed by atoms with Gasteiger partial charge in [0.25, 0.3) is 5.56 Å². The van der Waals surface area contributed by atoms with Crippen LogP contribution in [0.1, 0.15) is 6.04 Å². The Balaban J connectivity index is 2.41. The zero-order valence-electron chi connectivity index (χ0n) is 9.02. The summed E-state index contributed by atoms with van der Waals surface area (Å²) in [6, 6.07) is 2.09. The number of nitrogens with zero attached hydrogens (tertiary/aromatic N) is 1. The van der Waals surface area contributed by atoms with Gasteiger partial charge in [-0.3, -0.25) is 4.79 Å². The molecular weight excluding hydrogens is 224 g/mol. The number of aliphatic hydroxyl groups is 3. The summed E-state index contributed by atoms with van der Waals surface area (Å²) < 4.78 is 1.27. The van der Waals surface area contributed by atoms with Gasteiger partial charge in [-0.1, -0.05) is 6.08 Å². The maximum absolute atomic E-state index is 11.7. The number of pyridine rings is 1. The van der Waals surface area contributed by atoms with Crippen LogP contribution >= 0.6 is 0 Å². The fraction of sp³-hybridized carbons (Fsp3) is 0.364. The SMILES string of the molecule is Nc1ccn([C@@H]2C=C(CO)[C@@H](O)[C@H]2O)c(=O)c1. The quantitative estimate of drug-likeness (QED) is 0.475. The van der Waals surface area contributed by atoms with Gasteiger partial charge in [-0.25, -0.2) is 0 Å². The summed E-state index contributed by atoms with van der Waals surface area (Å²) in [6.07, 6.45) is 0.662. The molecule has 0 saturated heterocycles. The van der Waals surface area contributed by atoms with E-state index in [4.69, 9.17) is 10.8 Å². The molecule has 0 aliphatic heterocycles. The topological polar surface area (TPSA) is 109 Å². The highest BCUT2D eigenvalue weighted by molar-refractivity contribution is 5.35. The fourth-order valence-electron chi connectivity index (χ4n) is 1.97. The molecule has 0 amide bonds. The molecule has 6 nitrogen and oxygen atoms in total. The van der Waals surface area contributed by atoms with Crippen molar-refractivity contribution in [3.63, 3.8) is 0 Å². The van der Waals surface area contributed by atoms with E-state index < -0.39 is 18.2 Å². The van der Waals surface area contributed by atoms with Crippen LogP contribution in [0.2, 0.25) is 0 Å². The van der Waals surface area contributed by atoms with Crippen molar-refractivity contribution in [1.82, 2.24) is 4.57 Å². The Morgan fingerprint density at radius 2 is 2.12 bits per heavy atom. The molecule has 0 aromatic carbocycles. The van der Waals surface area contributed by atoms with Crippen LogP contribution in [0.3, 0.4) is 0 Å². The summed E-state index contributed by atoms with van der Waals surface area (Å²) in [6.45, 7) is -0.349. The monoisotopic (exact) mass is 238 g/mol. The second-order valence-corrected chi connectivity index (χ2v) is 4.03. The van der Waals surface area contributed by atoms with Gasteiger partial charge < -0.3 is 25.6 Å². The second-order valence-electron chi connectivity index (χ2n) is 4.03. The average molecular weight is 238 g/mol. The van der Waals surface area contributed by atoms with Gasteiger partial charge in [-0.2, -0.15) is 0 Å². The Labute approximate surface area is 97.2 Å². The summed E-state index contributed by atoms with van der Waals surface area (Å²) in [4.78, 5) is 11.7. The molecule has 1 aliphatic rings. The number of hydrogen-bond acceptors (Lipinski definition) is 5. The second kappa shape index (κ2) is 4.33. The largest absolute Gasteiger partial charge is 0.399 e. The number of nitrogens with two attached hydrogens (primary N) is 1. The Hall–Kier alpha value is -1.63. The van der Waals surface area contributed by atoms with E-state index in [1.54, 1.807) is 0 Å². The van der Waals surface area contributed by atoms with Crippen molar-refractivity contribution >= 4 is 5.69 Å². The molecule has 1 heterocycles. The Kier molecular flexibility index (Phi) is 3.01. The van der Waals surface area contributed by atoms with Crippen molar-refractivity contribution < 1.29 is 15.3 Å². The highest BCUT2D eigenvalue weighted by Gasteiger charge is 2.35. The third kappa shape index (κ3) is 1.97. The molecule has 0 saturated carbocycles. The van der Waals surface area contributed by atoms with Crippen LogP contribution in [0.4, 0.5) is 5.69 Å². The first-order chi connectivity index (χ1) is 8.04. The molecule has 0 bridgehead atoms. The Morgan fingerprint density at radius 3 is 2.65 bits per heavy atom. The molecule has 17 heavy (non-hydrogen) atoms. The first-order valence-corrected chi connectivity index (χ1v) is 5.20. The Bertz CT molecular complexity index is 508. The van der Waals surface area contributed by atoms with Crippen molar-refractivity contribution in [2.75, 3.05) is 12.3 Å². The van der Waals surface area contributed by atoms with Crippen molar-refractivity contribution in [2.45, 2.75) is 18.2 Å². The molecule has 6 heteroatoms. The molecule has 3 atom stereocenters. The van der Waals surface area contributed by atoms with E-state index in [1.165, 1.54) is 29.0 Å². The van der Waals surface area contributed by atoms with Gasteiger partial charge in [0.15, 0.2) is 0 Å². The van der Waals surface area contributed by atoms with Crippen molar-refractivity contribution in [1.29, 1.82) is 0 Å². The smallest absolute Gasteiger partial charge is 0.253 e. The molecule has 1 aromatic rings. The molecule has 0 spiro atoms. The van der Waals surface area contributed by atoms with Crippen LogP contribution in [0.25, 0.3) is 0 Å². The van der Waals surface area contributed by atoms with Gasteiger partial charge >= 0.3 is 0 Å². The van der Waals surface area contributed by atoms with Gasteiger partial charge in [-0.15, -0.1) is 0 Å². The predicted molar refractivity (Wildman–Crippen MR) is 61.3 cm³/mol. The summed E-state index contributed by atoms with van der Waals surface area (Å²) in [5, 5.41) is 28.4. The summed E-state index contributed by atoms with van der Waals surface area (Å²) in [5.41, 5.74) is 5.75. The lowest BCUT2D eigenvalue weighted by atomic mass is 10.1. The van der Waals surface area contributed by atoms with Crippen molar-refractivity contribution in [3.8, 4) is 0 Å². The third-order valence-electron chi connectivity index (χ3n) is 2.91. The first kappa shape index (κ1) is 11.8. The molecule has 0 unspecified atom stereocenters. The normalized spacial score (nSPS) is 28.2. The Morgan fingerprint density at radius 1 is 1.41 bits per heavy atom. The van der Waals surface area contributed by atoms with E-state index in [0.717, 1.165) is 0 Å². The molecular formula is C11H14N2O4. The highest BCUT2D eigenvalue weighted by atomic mass is 16.3. The van der Waals surface area contributed by atoms with Crippen LogP contribution in [-0.4, -0.2) is 38.7 Å². The third-order valence-corrected chi connectivity index (χ3v) is 2.91. The van der Waals surface area contributed by atoms with Crippen LogP contribution in [0, 0.1) is 0 Å². The van der Waals surface area contributed by atoms with Crippen molar-refractivity contribution in [3.05, 3.63) is 40.3 Å². The molecule has 1 aromatic heterocycles. The number of aliphatic hydroxyl groups excluding tert-OH is 3. The predicted octanol–water partition coefficient (Wildman–Crippen LogP) is -1.37. The summed E-state index contributed by atoms with van der Waals surface area (Å²) in [7, 11) is 0. The molecule has 1 aliphatic carbocycles. The van der Waals surface area contributed by atoms with E-state index in [-0.39, 0.29) is 12.2 Å². The van der Waals surface area contributed by atoms with Crippen LogP contribution < -0.4 is 11.3 Å². The van der Waals surface area contributed by atoms with E-state index in [1.807, 2.05) is 0 Å². The number of hydrogen-bond donors (Lipinski definition) is 4. The maximum atomic E-state index is 11.7. The lowest BCUT2D eigenvalue weighted by Gasteiger charge is -2.19. The fourth-order valence-corrected chi connectivity index (χ4v) is 1.97. The molecule has 0 fully saturated rings. The van der Waals surface area contributed by atoms with Crippen LogP contribution in [-0.2, 0) is 0 Å². The molecule has 0 radical (unpaired) electrons. The van der Waals surface area contributed by atoms with Crippen LogP contribution in [0.5, 0.6) is 0 Å². The van der Waals surface area contributed by atoms with Gasteiger partial charge in [0.2, 0.25) is 0 Å². The van der Waals surface area contributed by atoms with Gasteiger partial charge in [0.05, 0.1) is 12.6 Å². The summed E-state index contributed by atoms with van der Waals surface area (Å²) in [5.74, 6) is 0. The summed E-state index contributed by atoms with van der Waals surface area (Å²) >= 11 is 0. The number of aromatic nitrogens is 1. The van der Waals surface area contributed by atoms with E-state index in [9.17, 15) is 15.0 Å². The molecule has 92 valence electrons. The number of nitrogen functional groups attached to an aromatic ring is 1.